The Bertz CT molecular complexity index is 474. The summed E-state index contributed by atoms with van der Waals surface area (Å²) in [6.45, 7) is 7.49. The van der Waals surface area contributed by atoms with Crippen LogP contribution in [-0.2, 0) is 6.54 Å². The Kier molecular flexibility index (Phi) is 5.48. The molecule has 4 heteroatoms. The third-order valence-electron chi connectivity index (χ3n) is 3.83. The van der Waals surface area contributed by atoms with Crippen LogP contribution in [0.15, 0.2) is 24.3 Å². The fraction of sp³-hybridized carbons (Fsp3) is 0.588. The summed E-state index contributed by atoms with van der Waals surface area (Å²) in [4.78, 5) is 14.2. The number of amides is 2. The molecule has 1 N–H and O–H groups in total. The second-order valence-corrected chi connectivity index (χ2v) is 5.97. The maximum atomic E-state index is 12.3. The molecule has 0 aliphatic carbocycles. The van der Waals surface area contributed by atoms with Crippen molar-refractivity contribution < 1.29 is 9.53 Å². The SMILES string of the molecule is CC(C)Oc1ccccc1CNC(=O)N1CCCCC1C. The predicted molar refractivity (Wildman–Crippen MR) is 84.5 cm³/mol. The lowest BCUT2D eigenvalue weighted by atomic mass is 10.0. The van der Waals surface area contributed by atoms with Crippen LogP contribution in [0.2, 0.25) is 0 Å². The van der Waals surface area contributed by atoms with E-state index in [1.54, 1.807) is 0 Å². The number of hydrogen-bond acceptors (Lipinski definition) is 2. The van der Waals surface area contributed by atoms with Gasteiger partial charge in [0.25, 0.3) is 0 Å². The van der Waals surface area contributed by atoms with E-state index in [1.807, 2.05) is 43.0 Å². The summed E-state index contributed by atoms with van der Waals surface area (Å²) >= 11 is 0. The van der Waals surface area contributed by atoms with Crippen LogP contribution in [0.4, 0.5) is 4.79 Å². The average Bonchev–Trinajstić information content (AvgIpc) is 2.46. The molecule has 4 nitrogen and oxygen atoms in total. The van der Waals surface area contributed by atoms with Gasteiger partial charge >= 0.3 is 6.03 Å². The number of piperidine rings is 1. The van der Waals surface area contributed by atoms with Crippen LogP contribution in [0.5, 0.6) is 5.75 Å². The number of likely N-dealkylation sites (tertiary alicyclic amines) is 1. The molecule has 1 atom stereocenters. The predicted octanol–water partition coefficient (Wildman–Crippen LogP) is 3.56. The highest BCUT2D eigenvalue weighted by Gasteiger charge is 2.22. The summed E-state index contributed by atoms with van der Waals surface area (Å²) in [6.07, 6.45) is 3.55. The molecule has 0 saturated carbocycles. The number of nitrogens with one attached hydrogen (secondary N) is 1. The number of benzene rings is 1. The highest BCUT2D eigenvalue weighted by molar-refractivity contribution is 5.74. The largest absolute Gasteiger partial charge is 0.491 e. The van der Waals surface area contributed by atoms with Crippen LogP contribution in [0.1, 0.15) is 45.6 Å². The second-order valence-electron chi connectivity index (χ2n) is 5.97. The van der Waals surface area contributed by atoms with Crippen molar-refractivity contribution in [3.05, 3.63) is 29.8 Å². The topological polar surface area (TPSA) is 41.6 Å². The zero-order valence-corrected chi connectivity index (χ0v) is 13.3. The Morgan fingerprint density at radius 2 is 2.14 bits per heavy atom. The second kappa shape index (κ2) is 7.34. The maximum absolute atomic E-state index is 12.3. The molecular weight excluding hydrogens is 264 g/mol. The van der Waals surface area contributed by atoms with E-state index in [9.17, 15) is 4.79 Å². The number of hydrogen-bond donors (Lipinski definition) is 1. The fourth-order valence-electron chi connectivity index (χ4n) is 2.69. The Hall–Kier alpha value is -1.71. The lowest BCUT2D eigenvalue weighted by molar-refractivity contribution is 0.157. The molecule has 2 amide bonds. The number of carbonyl (C=O) groups is 1. The fourth-order valence-corrected chi connectivity index (χ4v) is 2.69. The summed E-state index contributed by atoms with van der Waals surface area (Å²) in [5.41, 5.74) is 1.02. The summed E-state index contributed by atoms with van der Waals surface area (Å²) in [7, 11) is 0. The number of para-hydroxylation sites is 1. The summed E-state index contributed by atoms with van der Waals surface area (Å²) in [5.74, 6) is 0.847. The van der Waals surface area contributed by atoms with E-state index in [0.29, 0.717) is 12.6 Å². The van der Waals surface area contributed by atoms with Gasteiger partial charge in [-0.05, 0) is 46.1 Å². The molecule has 1 fully saturated rings. The molecule has 1 aliphatic heterocycles. The standard InChI is InChI=1S/C17H26N2O2/c1-13(2)21-16-10-5-4-9-15(16)12-18-17(20)19-11-7-6-8-14(19)3/h4-5,9-10,13-14H,6-8,11-12H2,1-3H3,(H,18,20). The van der Waals surface area contributed by atoms with Gasteiger partial charge in [-0.15, -0.1) is 0 Å². The molecule has 0 bridgehead atoms. The third-order valence-corrected chi connectivity index (χ3v) is 3.83. The lowest BCUT2D eigenvalue weighted by Gasteiger charge is -2.33. The van der Waals surface area contributed by atoms with Crippen molar-refractivity contribution in [1.29, 1.82) is 0 Å². The van der Waals surface area contributed by atoms with E-state index >= 15 is 0 Å². The Morgan fingerprint density at radius 1 is 1.38 bits per heavy atom. The number of urea groups is 1. The van der Waals surface area contributed by atoms with Gasteiger partial charge in [-0.2, -0.15) is 0 Å². The minimum Gasteiger partial charge on any atom is -0.491 e. The molecule has 1 aromatic rings. The third kappa shape index (κ3) is 4.38. The van der Waals surface area contributed by atoms with Crippen molar-refractivity contribution in [2.75, 3.05) is 6.54 Å². The van der Waals surface area contributed by atoms with Crippen LogP contribution in [-0.4, -0.2) is 29.6 Å². The summed E-state index contributed by atoms with van der Waals surface area (Å²) < 4.78 is 5.78. The van der Waals surface area contributed by atoms with Gasteiger partial charge in [-0.3, -0.25) is 0 Å². The van der Waals surface area contributed by atoms with Crippen molar-refractivity contribution in [2.45, 2.75) is 58.7 Å². The zero-order valence-electron chi connectivity index (χ0n) is 13.3. The molecule has 2 rings (SSSR count). The first-order chi connectivity index (χ1) is 10.1. The first-order valence-electron chi connectivity index (χ1n) is 7.87. The first kappa shape index (κ1) is 15.7. The van der Waals surface area contributed by atoms with Gasteiger partial charge in [-0.1, -0.05) is 18.2 Å². The lowest BCUT2D eigenvalue weighted by Crippen LogP contribution is -2.47. The van der Waals surface area contributed by atoms with Crippen molar-refractivity contribution in [1.82, 2.24) is 10.2 Å². The van der Waals surface area contributed by atoms with Gasteiger partial charge < -0.3 is 15.0 Å². The number of rotatable bonds is 4. The normalized spacial score (nSPS) is 18.7. The summed E-state index contributed by atoms with van der Waals surface area (Å²) in [6, 6.07) is 8.23. The molecule has 0 spiro atoms. The van der Waals surface area contributed by atoms with Crippen LogP contribution >= 0.6 is 0 Å². The van der Waals surface area contributed by atoms with Gasteiger partial charge in [0.05, 0.1) is 6.10 Å². The highest BCUT2D eigenvalue weighted by atomic mass is 16.5. The molecule has 1 aromatic carbocycles. The average molecular weight is 290 g/mol. The van der Waals surface area contributed by atoms with Crippen molar-refractivity contribution in [3.8, 4) is 5.75 Å². The van der Waals surface area contributed by atoms with E-state index < -0.39 is 0 Å². The minimum absolute atomic E-state index is 0.0292. The minimum atomic E-state index is 0.0292. The van der Waals surface area contributed by atoms with Crippen LogP contribution in [0.3, 0.4) is 0 Å². The molecular formula is C17H26N2O2. The Balaban J connectivity index is 1.94. The van der Waals surface area contributed by atoms with Gasteiger partial charge in [0, 0.05) is 24.7 Å². The first-order valence-corrected chi connectivity index (χ1v) is 7.87. The van der Waals surface area contributed by atoms with Crippen molar-refractivity contribution >= 4 is 6.03 Å². The molecule has 1 unspecified atom stereocenters. The highest BCUT2D eigenvalue weighted by Crippen LogP contribution is 2.20. The molecule has 1 aliphatic rings. The van der Waals surface area contributed by atoms with Crippen molar-refractivity contribution in [2.24, 2.45) is 0 Å². The van der Waals surface area contributed by atoms with Gasteiger partial charge in [0.15, 0.2) is 0 Å². The van der Waals surface area contributed by atoms with E-state index in [2.05, 4.69) is 12.2 Å². The Morgan fingerprint density at radius 3 is 2.86 bits per heavy atom. The maximum Gasteiger partial charge on any atom is 0.317 e. The van der Waals surface area contributed by atoms with Crippen LogP contribution in [0.25, 0.3) is 0 Å². The summed E-state index contributed by atoms with van der Waals surface area (Å²) in [5, 5.41) is 3.02. The molecule has 0 aromatic heterocycles. The number of nitrogens with zero attached hydrogens (tertiary/aromatic N) is 1. The smallest absolute Gasteiger partial charge is 0.317 e. The molecule has 21 heavy (non-hydrogen) atoms. The monoisotopic (exact) mass is 290 g/mol. The Labute approximate surface area is 127 Å². The van der Waals surface area contributed by atoms with E-state index in [4.69, 9.17) is 4.74 Å². The van der Waals surface area contributed by atoms with Crippen molar-refractivity contribution in [3.63, 3.8) is 0 Å². The molecule has 0 radical (unpaired) electrons. The van der Waals surface area contributed by atoms with E-state index in [1.165, 1.54) is 6.42 Å². The van der Waals surface area contributed by atoms with E-state index in [0.717, 1.165) is 30.7 Å². The number of ether oxygens (including phenoxy) is 1. The zero-order chi connectivity index (χ0) is 15.2. The molecule has 1 heterocycles. The van der Waals surface area contributed by atoms with Crippen LogP contribution < -0.4 is 10.1 Å². The number of carbonyl (C=O) groups excluding carboxylic acids is 1. The quantitative estimate of drug-likeness (QED) is 0.921. The van der Waals surface area contributed by atoms with Crippen LogP contribution in [0, 0.1) is 0 Å². The van der Waals surface area contributed by atoms with Gasteiger partial charge in [0.2, 0.25) is 0 Å². The molecule has 116 valence electrons. The van der Waals surface area contributed by atoms with E-state index in [-0.39, 0.29) is 12.1 Å². The molecule has 1 saturated heterocycles. The van der Waals surface area contributed by atoms with Gasteiger partial charge in [0.1, 0.15) is 5.75 Å². The van der Waals surface area contributed by atoms with Gasteiger partial charge in [-0.25, -0.2) is 4.79 Å².